The second-order valence-corrected chi connectivity index (χ2v) is 5.18. The van der Waals surface area contributed by atoms with E-state index in [0.29, 0.717) is 23.0 Å². The Morgan fingerprint density at radius 3 is 2.26 bits per heavy atom. The maximum absolute atomic E-state index is 11.9. The van der Waals surface area contributed by atoms with Gasteiger partial charge in [0.2, 0.25) is 11.8 Å². The fraction of sp³-hybridized carbons (Fsp3) is 0.176. The zero-order valence-corrected chi connectivity index (χ0v) is 13.4. The van der Waals surface area contributed by atoms with Crippen molar-refractivity contribution in [1.82, 2.24) is 0 Å². The molecule has 23 heavy (non-hydrogen) atoms. The highest BCUT2D eigenvalue weighted by Crippen LogP contribution is 2.17. The lowest BCUT2D eigenvalue weighted by atomic mass is 10.2. The summed E-state index contributed by atoms with van der Waals surface area (Å²) in [5.41, 5.74) is 1.16. The predicted molar refractivity (Wildman–Crippen MR) is 90.9 cm³/mol. The Kier molecular flexibility index (Phi) is 6.00. The first-order chi connectivity index (χ1) is 11.1. The quantitative estimate of drug-likeness (QED) is 0.792. The Hall–Kier alpha value is -2.53. The fourth-order valence-corrected chi connectivity index (χ4v) is 2.11. The van der Waals surface area contributed by atoms with Crippen LogP contribution in [0.2, 0.25) is 5.02 Å². The molecule has 0 atom stereocenters. The van der Waals surface area contributed by atoms with Crippen LogP contribution in [0.3, 0.4) is 0 Å². The van der Waals surface area contributed by atoms with Gasteiger partial charge in [-0.2, -0.15) is 0 Å². The molecule has 0 spiro atoms. The van der Waals surface area contributed by atoms with E-state index in [9.17, 15) is 9.59 Å². The van der Waals surface area contributed by atoms with E-state index in [-0.39, 0.29) is 6.42 Å². The van der Waals surface area contributed by atoms with Gasteiger partial charge in [-0.1, -0.05) is 17.7 Å². The van der Waals surface area contributed by atoms with Gasteiger partial charge in [0.15, 0.2) is 0 Å². The van der Waals surface area contributed by atoms with Gasteiger partial charge in [-0.05, 0) is 49.4 Å². The van der Waals surface area contributed by atoms with Gasteiger partial charge in [0.05, 0.1) is 6.61 Å². The summed E-state index contributed by atoms with van der Waals surface area (Å²) in [5, 5.41) is 5.79. The molecule has 5 nitrogen and oxygen atoms in total. The fourth-order valence-electron chi connectivity index (χ4n) is 1.92. The van der Waals surface area contributed by atoms with Gasteiger partial charge in [0, 0.05) is 16.4 Å². The van der Waals surface area contributed by atoms with Gasteiger partial charge in [-0.25, -0.2) is 0 Å². The minimum Gasteiger partial charge on any atom is -0.494 e. The lowest BCUT2D eigenvalue weighted by molar-refractivity contribution is -0.123. The molecule has 0 saturated carbocycles. The minimum absolute atomic E-state index is 0.278. The first-order valence-corrected chi connectivity index (χ1v) is 7.52. The molecule has 6 heteroatoms. The van der Waals surface area contributed by atoms with Gasteiger partial charge in [-0.3, -0.25) is 9.59 Å². The van der Waals surface area contributed by atoms with Crippen molar-refractivity contribution in [2.24, 2.45) is 0 Å². The van der Waals surface area contributed by atoms with Crippen molar-refractivity contribution in [1.29, 1.82) is 0 Å². The maximum Gasteiger partial charge on any atom is 0.233 e. The van der Waals surface area contributed by atoms with Crippen LogP contribution in [0, 0.1) is 0 Å². The van der Waals surface area contributed by atoms with Crippen LogP contribution in [0.25, 0.3) is 0 Å². The number of carbonyl (C=O) groups excluding carboxylic acids is 2. The van der Waals surface area contributed by atoms with E-state index in [1.165, 1.54) is 0 Å². The standard InChI is InChI=1S/C17H17ClN2O3/c1-2-23-15-8-6-13(7-9-15)19-16(21)11-17(22)20-14-5-3-4-12(18)10-14/h3-10H,2,11H2,1H3,(H,19,21)(H,20,22). The van der Waals surface area contributed by atoms with Crippen LogP contribution in [-0.2, 0) is 9.59 Å². The van der Waals surface area contributed by atoms with Crippen LogP contribution < -0.4 is 15.4 Å². The second kappa shape index (κ2) is 8.19. The number of halogens is 1. The van der Waals surface area contributed by atoms with Crippen LogP contribution >= 0.6 is 11.6 Å². The summed E-state index contributed by atoms with van der Waals surface area (Å²) < 4.78 is 5.32. The number of amides is 2. The molecular weight excluding hydrogens is 316 g/mol. The topological polar surface area (TPSA) is 67.4 Å². The number of hydrogen-bond acceptors (Lipinski definition) is 3. The maximum atomic E-state index is 11.9. The summed E-state index contributed by atoms with van der Waals surface area (Å²) >= 11 is 5.84. The molecule has 0 heterocycles. The van der Waals surface area contributed by atoms with E-state index >= 15 is 0 Å². The summed E-state index contributed by atoms with van der Waals surface area (Å²) in [5.74, 6) is -0.0754. The SMILES string of the molecule is CCOc1ccc(NC(=O)CC(=O)Nc2cccc(Cl)c2)cc1. The molecule has 0 aliphatic heterocycles. The third-order valence-corrected chi connectivity index (χ3v) is 3.11. The number of carbonyl (C=O) groups is 2. The third kappa shape index (κ3) is 5.64. The van der Waals surface area contributed by atoms with E-state index in [4.69, 9.17) is 16.3 Å². The minimum atomic E-state index is -0.407. The second-order valence-electron chi connectivity index (χ2n) is 4.74. The molecule has 0 aliphatic rings. The number of anilines is 2. The molecule has 0 fully saturated rings. The molecular formula is C17H17ClN2O3. The molecule has 0 bridgehead atoms. The molecule has 0 aromatic heterocycles. The number of benzene rings is 2. The Bertz CT molecular complexity index is 686. The zero-order valence-electron chi connectivity index (χ0n) is 12.6. The molecule has 0 saturated heterocycles. The highest BCUT2D eigenvalue weighted by Gasteiger charge is 2.10. The smallest absolute Gasteiger partial charge is 0.233 e. The predicted octanol–water partition coefficient (Wildman–Crippen LogP) is 3.71. The molecule has 0 radical (unpaired) electrons. The molecule has 0 aliphatic carbocycles. The highest BCUT2D eigenvalue weighted by atomic mass is 35.5. The van der Waals surface area contributed by atoms with Crippen molar-refractivity contribution < 1.29 is 14.3 Å². The zero-order chi connectivity index (χ0) is 16.7. The van der Waals surface area contributed by atoms with Gasteiger partial charge < -0.3 is 15.4 Å². The number of rotatable bonds is 6. The Morgan fingerprint density at radius 2 is 1.65 bits per heavy atom. The summed E-state index contributed by atoms with van der Waals surface area (Å²) in [6.07, 6.45) is -0.278. The van der Waals surface area contributed by atoms with Gasteiger partial charge in [0.25, 0.3) is 0 Å². The molecule has 2 aromatic rings. The lowest BCUT2D eigenvalue weighted by Crippen LogP contribution is -2.21. The number of ether oxygens (including phenoxy) is 1. The van der Waals surface area contributed by atoms with Gasteiger partial charge in [0.1, 0.15) is 12.2 Å². The average molecular weight is 333 g/mol. The van der Waals surface area contributed by atoms with E-state index in [1.807, 2.05) is 6.92 Å². The first kappa shape index (κ1) is 16.8. The van der Waals surface area contributed by atoms with Gasteiger partial charge in [-0.15, -0.1) is 0 Å². The van der Waals surface area contributed by atoms with Crippen molar-refractivity contribution >= 4 is 34.8 Å². The van der Waals surface area contributed by atoms with Crippen LogP contribution in [0.1, 0.15) is 13.3 Å². The number of nitrogens with one attached hydrogen (secondary N) is 2. The van der Waals surface area contributed by atoms with Crippen LogP contribution in [0.15, 0.2) is 48.5 Å². The normalized spacial score (nSPS) is 10.0. The highest BCUT2D eigenvalue weighted by molar-refractivity contribution is 6.30. The van der Waals surface area contributed by atoms with Crippen molar-refractivity contribution in [3.63, 3.8) is 0 Å². The number of hydrogen-bond donors (Lipinski definition) is 2. The largest absolute Gasteiger partial charge is 0.494 e. The third-order valence-electron chi connectivity index (χ3n) is 2.88. The van der Waals surface area contributed by atoms with Crippen LogP contribution in [0.5, 0.6) is 5.75 Å². The lowest BCUT2D eigenvalue weighted by Gasteiger charge is -2.08. The molecule has 0 unspecified atom stereocenters. The van der Waals surface area contributed by atoms with E-state index in [2.05, 4.69) is 10.6 Å². The molecule has 2 amide bonds. The Balaban J connectivity index is 1.85. The average Bonchev–Trinajstić information content (AvgIpc) is 2.49. The Labute approximate surface area is 139 Å². The van der Waals surface area contributed by atoms with Crippen LogP contribution in [0.4, 0.5) is 11.4 Å². The monoisotopic (exact) mass is 332 g/mol. The van der Waals surface area contributed by atoms with Crippen molar-refractivity contribution in [3.8, 4) is 5.75 Å². The molecule has 2 rings (SSSR count). The summed E-state index contributed by atoms with van der Waals surface area (Å²) in [6, 6.07) is 13.7. The summed E-state index contributed by atoms with van der Waals surface area (Å²) in [7, 11) is 0. The van der Waals surface area contributed by atoms with E-state index in [1.54, 1.807) is 48.5 Å². The summed E-state index contributed by atoms with van der Waals surface area (Å²) in [6.45, 7) is 2.48. The van der Waals surface area contributed by atoms with E-state index in [0.717, 1.165) is 5.75 Å². The Morgan fingerprint density at radius 1 is 1.00 bits per heavy atom. The van der Waals surface area contributed by atoms with Crippen LogP contribution in [-0.4, -0.2) is 18.4 Å². The van der Waals surface area contributed by atoms with E-state index < -0.39 is 11.8 Å². The van der Waals surface area contributed by atoms with Crippen molar-refractivity contribution in [2.45, 2.75) is 13.3 Å². The molecule has 2 N–H and O–H groups in total. The van der Waals surface area contributed by atoms with Crippen molar-refractivity contribution in [2.75, 3.05) is 17.2 Å². The molecule has 2 aromatic carbocycles. The first-order valence-electron chi connectivity index (χ1n) is 7.15. The van der Waals surface area contributed by atoms with Gasteiger partial charge >= 0.3 is 0 Å². The summed E-state index contributed by atoms with van der Waals surface area (Å²) in [4.78, 5) is 23.7. The van der Waals surface area contributed by atoms with Crippen molar-refractivity contribution in [3.05, 3.63) is 53.6 Å². The molecule has 120 valence electrons.